The number of nitrogens with one attached hydrogen (secondary N) is 1. The summed E-state index contributed by atoms with van der Waals surface area (Å²) in [6.07, 6.45) is 5.39. The van der Waals surface area contributed by atoms with Gasteiger partial charge in [-0.2, -0.15) is 0 Å². The van der Waals surface area contributed by atoms with Crippen molar-refractivity contribution in [1.29, 1.82) is 0 Å². The molecular weight excluding hydrogens is 206 g/mol. The molecule has 0 atom stereocenters. The molecule has 1 aromatic rings. The lowest BCUT2D eigenvalue weighted by Crippen LogP contribution is -2.41. The number of hydrogen-bond donors (Lipinski definition) is 1. The van der Waals surface area contributed by atoms with Gasteiger partial charge in [-0.3, -0.25) is 0 Å². The Morgan fingerprint density at radius 2 is 2.00 bits per heavy atom. The smallest absolute Gasteiger partial charge is 0.0409 e. The van der Waals surface area contributed by atoms with E-state index in [1.165, 1.54) is 36.8 Å². The zero-order valence-electron chi connectivity index (χ0n) is 8.85. The number of fused-ring (bicyclic) bond motifs is 2. The molecule has 1 heterocycles. The largest absolute Gasteiger partial charge is 0.312 e. The van der Waals surface area contributed by atoms with Gasteiger partial charge in [0, 0.05) is 23.5 Å². The summed E-state index contributed by atoms with van der Waals surface area (Å²) in [4.78, 5) is 0. The quantitative estimate of drug-likeness (QED) is 0.709. The number of hydrogen-bond acceptors (Lipinski definition) is 1. The van der Waals surface area contributed by atoms with Crippen molar-refractivity contribution in [3.8, 4) is 0 Å². The lowest BCUT2D eigenvalue weighted by molar-refractivity contribution is 0.377. The SMILES string of the molecule is Clc1ccc2c(c1)C1(CCCC1)CNC2. The van der Waals surface area contributed by atoms with Gasteiger partial charge in [0.05, 0.1) is 0 Å². The maximum absolute atomic E-state index is 6.12. The molecule has 1 aliphatic carbocycles. The Labute approximate surface area is 95.8 Å². The van der Waals surface area contributed by atoms with Crippen LogP contribution in [0.2, 0.25) is 5.02 Å². The topological polar surface area (TPSA) is 12.0 Å². The minimum absolute atomic E-state index is 0.401. The van der Waals surface area contributed by atoms with E-state index in [9.17, 15) is 0 Å². The van der Waals surface area contributed by atoms with Gasteiger partial charge in [-0.05, 0) is 36.1 Å². The van der Waals surface area contributed by atoms with E-state index in [4.69, 9.17) is 11.6 Å². The van der Waals surface area contributed by atoms with Crippen molar-refractivity contribution >= 4 is 11.6 Å². The van der Waals surface area contributed by atoms with Crippen molar-refractivity contribution < 1.29 is 0 Å². The third-order valence-electron chi connectivity index (χ3n) is 3.98. The second-order valence-corrected chi connectivity index (χ2v) is 5.33. The summed E-state index contributed by atoms with van der Waals surface area (Å²) >= 11 is 6.12. The van der Waals surface area contributed by atoms with Crippen LogP contribution in [0.3, 0.4) is 0 Å². The van der Waals surface area contributed by atoms with Crippen LogP contribution in [0.5, 0.6) is 0 Å². The highest BCUT2D eigenvalue weighted by molar-refractivity contribution is 6.30. The van der Waals surface area contributed by atoms with Crippen LogP contribution in [0.25, 0.3) is 0 Å². The third kappa shape index (κ3) is 1.49. The molecule has 1 aromatic carbocycles. The van der Waals surface area contributed by atoms with Crippen LogP contribution < -0.4 is 5.32 Å². The van der Waals surface area contributed by atoms with Gasteiger partial charge in [-0.25, -0.2) is 0 Å². The Bertz CT molecular complexity index is 380. The van der Waals surface area contributed by atoms with E-state index in [1.54, 1.807) is 0 Å². The molecule has 2 heteroatoms. The van der Waals surface area contributed by atoms with Crippen molar-refractivity contribution in [2.24, 2.45) is 0 Å². The van der Waals surface area contributed by atoms with Crippen LogP contribution in [0.15, 0.2) is 18.2 Å². The number of benzene rings is 1. The maximum atomic E-state index is 6.12. The second-order valence-electron chi connectivity index (χ2n) is 4.89. The van der Waals surface area contributed by atoms with E-state index in [0.717, 1.165) is 18.1 Å². The molecule has 1 fully saturated rings. The van der Waals surface area contributed by atoms with Gasteiger partial charge in [-0.1, -0.05) is 30.5 Å². The van der Waals surface area contributed by atoms with E-state index in [1.807, 2.05) is 6.07 Å². The summed E-state index contributed by atoms with van der Waals surface area (Å²) in [5.41, 5.74) is 3.37. The molecule has 1 nitrogen and oxygen atoms in total. The van der Waals surface area contributed by atoms with E-state index < -0.39 is 0 Å². The van der Waals surface area contributed by atoms with Gasteiger partial charge >= 0.3 is 0 Å². The van der Waals surface area contributed by atoms with Crippen LogP contribution in [0.1, 0.15) is 36.8 Å². The predicted octanol–water partition coefficient (Wildman–Crippen LogP) is 3.26. The summed E-state index contributed by atoms with van der Waals surface area (Å²) in [6, 6.07) is 6.39. The molecule has 1 spiro atoms. The summed E-state index contributed by atoms with van der Waals surface area (Å²) in [5.74, 6) is 0. The predicted molar refractivity (Wildman–Crippen MR) is 63.3 cm³/mol. The molecular formula is C13H16ClN. The molecule has 0 bridgehead atoms. The van der Waals surface area contributed by atoms with E-state index in [0.29, 0.717) is 5.41 Å². The molecule has 80 valence electrons. The first-order valence-electron chi connectivity index (χ1n) is 5.80. The summed E-state index contributed by atoms with van der Waals surface area (Å²) in [5, 5.41) is 4.44. The van der Waals surface area contributed by atoms with Crippen molar-refractivity contribution in [2.45, 2.75) is 37.6 Å². The van der Waals surface area contributed by atoms with E-state index in [-0.39, 0.29) is 0 Å². The van der Waals surface area contributed by atoms with Crippen LogP contribution in [-0.4, -0.2) is 6.54 Å². The summed E-state index contributed by atoms with van der Waals surface area (Å²) < 4.78 is 0. The van der Waals surface area contributed by atoms with Gasteiger partial charge in [0.25, 0.3) is 0 Å². The fourth-order valence-electron chi connectivity index (χ4n) is 3.23. The number of rotatable bonds is 0. The molecule has 3 rings (SSSR count). The summed E-state index contributed by atoms with van der Waals surface area (Å²) in [6.45, 7) is 2.15. The van der Waals surface area contributed by atoms with E-state index >= 15 is 0 Å². The molecule has 0 unspecified atom stereocenters. The van der Waals surface area contributed by atoms with Gasteiger partial charge in [0.1, 0.15) is 0 Å². The molecule has 1 N–H and O–H groups in total. The molecule has 15 heavy (non-hydrogen) atoms. The van der Waals surface area contributed by atoms with Gasteiger partial charge in [0.15, 0.2) is 0 Å². The maximum Gasteiger partial charge on any atom is 0.0409 e. The Hall–Kier alpha value is -0.530. The average Bonchev–Trinajstić information content (AvgIpc) is 2.69. The van der Waals surface area contributed by atoms with Gasteiger partial charge in [-0.15, -0.1) is 0 Å². The van der Waals surface area contributed by atoms with Crippen molar-refractivity contribution in [1.82, 2.24) is 5.32 Å². The zero-order valence-corrected chi connectivity index (χ0v) is 9.61. The Morgan fingerprint density at radius 3 is 2.80 bits per heavy atom. The van der Waals surface area contributed by atoms with Crippen molar-refractivity contribution in [3.05, 3.63) is 34.3 Å². The van der Waals surface area contributed by atoms with Crippen LogP contribution in [0, 0.1) is 0 Å². The molecule has 0 aromatic heterocycles. The molecule has 1 saturated carbocycles. The fraction of sp³-hybridized carbons (Fsp3) is 0.538. The first-order chi connectivity index (χ1) is 7.30. The minimum Gasteiger partial charge on any atom is -0.312 e. The highest BCUT2D eigenvalue weighted by Crippen LogP contribution is 2.44. The molecule has 2 aliphatic rings. The molecule has 1 aliphatic heterocycles. The lowest BCUT2D eigenvalue weighted by atomic mass is 9.74. The fourth-order valence-corrected chi connectivity index (χ4v) is 3.40. The molecule has 0 amide bonds. The van der Waals surface area contributed by atoms with Gasteiger partial charge < -0.3 is 5.32 Å². The molecule has 0 radical (unpaired) electrons. The standard InChI is InChI=1S/C13H16ClN/c14-11-4-3-10-8-15-9-13(12(10)7-11)5-1-2-6-13/h3-4,7,15H,1-2,5-6,8-9H2. The Balaban J connectivity index is 2.12. The normalized spacial score (nSPS) is 23.0. The third-order valence-corrected chi connectivity index (χ3v) is 4.22. The van der Waals surface area contributed by atoms with Crippen molar-refractivity contribution in [3.63, 3.8) is 0 Å². The lowest BCUT2D eigenvalue weighted by Gasteiger charge is -2.36. The van der Waals surface area contributed by atoms with E-state index in [2.05, 4.69) is 17.4 Å². The monoisotopic (exact) mass is 221 g/mol. The number of halogens is 1. The van der Waals surface area contributed by atoms with Crippen LogP contribution in [0.4, 0.5) is 0 Å². The zero-order chi connectivity index (χ0) is 10.3. The first kappa shape index (κ1) is 9.68. The highest BCUT2D eigenvalue weighted by atomic mass is 35.5. The second kappa shape index (κ2) is 3.50. The van der Waals surface area contributed by atoms with Crippen LogP contribution >= 0.6 is 11.6 Å². The highest BCUT2D eigenvalue weighted by Gasteiger charge is 2.38. The van der Waals surface area contributed by atoms with Crippen molar-refractivity contribution in [2.75, 3.05) is 6.54 Å². The first-order valence-corrected chi connectivity index (χ1v) is 6.18. The van der Waals surface area contributed by atoms with Crippen LogP contribution in [-0.2, 0) is 12.0 Å². The molecule has 0 saturated heterocycles. The summed E-state index contributed by atoms with van der Waals surface area (Å²) in [7, 11) is 0. The Morgan fingerprint density at radius 1 is 1.20 bits per heavy atom. The van der Waals surface area contributed by atoms with Gasteiger partial charge in [0.2, 0.25) is 0 Å². The average molecular weight is 222 g/mol. The Kier molecular flexibility index (Phi) is 2.26. The minimum atomic E-state index is 0.401.